The first kappa shape index (κ1) is 36.6. The maximum absolute atomic E-state index is 3.89. The fourth-order valence-electron chi connectivity index (χ4n) is 3.80. The second-order valence-corrected chi connectivity index (χ2v) is 48.5. The van der Waals surface area contributed by atoms with Gasteiger partial charge in [-0.2, -0.15) is 0 Å². The minimum Gasteiger partial charge on any atom is -0.356 e. The zero-order valence-corrected chi connectivity index (χ0v) is 38.2. The van der Waals surface area contributed by atoms with Crippen molar-refractivity contribution in [3.8, 4) is 0 Å². The lowest BCUT2D eigenvalue weighted by atomic mass is 11.6. The number of hydrogen-bond acceptors (Lipinski definition) is 8. The highest BCUT2D eigenvalue weighted by Gasteiger charge is 2.47. The quantitative estimate of drug-likeness (QED) is 0.372. The van der Waals surface area contributed by atoms with Crippen LogP contribution in [0.2, 0.25) is 78.6 Å². The van der Waals surface area contributed by atoms with E-state index in [0.29, 0.717) is 0 Å². The molecule has 17 heteroatoms. The van der Waals surface area contributed by atoms with Crippen molar-refractivity contribution in [2.75, 3.05) is 42.3 Å². The highest BCUT2D eigenvalue weighted by molar-refractivity contribution is 6.96. The highest BCUT2D eigenvalue weighted by atomic mass is 28.5. The molecule has 8 nitrogen and oxygen atoms in total. The molecule has 0 bridgehead atoms. The third kappa shape index (κ3) is 9.65. The third-order valence-corrected chi connectivity index (χ3v) is 52.6. The molecule has 0 radical (unpaired) electrons. The molecule has 0 aromatic carbocycles. The summed E-state index contributed by atoms with van der Waals surface area (Å²) in [6.07, 6.45) is 0. The summed E-state index contributed by atoms with van der Waals surface area (Å²) in [5, 5.41) is 0. The van der Waals surface area contributed by atoms with E-state index in [1.54, 1.807) is 0 Å². The molecule has 0 amide bonds. The van der Waals surface area contributed by atoms with Gasteiger partial charge >= 0.3 is 0 Å². The predicted octanol–water partition coefficient (Wildman–Crippen LogP) is -0.473. The Balaban J connectivity index is 0.000000537. The van der Waals surface area contributed by atoms with Gasteiger partial charge in [0.1, 0.15) is 8.24 Å². The zero-order chi connectivity index (χ0) is 28.4. The minimum absolute atomic E-state index is 0.142. The lowest BCUT2D eigenvalue weighted by molar-refractivity contribution is 0.563. The Bertz CT molecular complexity index is 660. The molecule has 2 aliphatic rings. The number of hydrogen-bond donors (Lipinski definition) is 2. The Morgan fingerprint density at radius 2 is 1.11 bits per heavy atom. The molecule has 0 saturated carbocycles. The van der Waals surface area contributed by atoms with E-state index in [4.69, 9.17) is 0 Å². The average molecular weight is 646 g/mol. The fraction of sp³-hybridized carbons (Fsp3) is 1.00. The molecule has 2 rings (SSSR count). The van der Waals surface area contributed by atoms with Crippen molar-refractivity contribution in [2.45, 2.75) is 78.6 Å². The van der Waals surface area contributed by atoms with Gasteiger partial charge in [0.2, 0.25) is 0 Å². The summed E-state index contributed by atoms with van der Waals surface area (Å²) in [5.41, 5.74) is 0. The first-order chi connectivity index (χ1) is 15.3. The van der Waals surface area contributed by atoms with Crippen LogP contribution < -0.4 is 9.30 Å². The number of nitrogens with zero attached hydrogens (tertiary/aromatic N) is 6. The van der Waals surface area contributed by atoms with Crippen LogP contribution in [0.4, 0.5) is 0 Å². The molecule has 1 atom stereocenters. The Kier molecular flexibility index (Phi) is 13.9. The van der Waals surface area contributed by atoms with Gasteiger partial charge in [-0.25, -0.2) is 0 Å². The summed E-state index contributed by atoms with van der Waals surface area (Å²) in [6, 6.07) is 0. The van der Waals surface area contributed by atoms with Gasteiger partial charge in [-0.3, -0.25) is 0 Å². The topological polar surface area (TPSA) is 43.5 Å². The van der Waals surface area contributed by atoms with Gasteiger partial charge in [0.05, 0.1) is 10.4 Å². The molecule has 2 N–H and O–H groups in total. The van der Waals surface area contributed by atoms with E-state index in [1.165, 1.54) is 10.4 Å². The van der Waals surface area contributed by atoms with Gasteiger partial charge < -0.3 is 34.7 Å². The molecule has 35 heavy (non-hydrogen) atoms. The molecule has 2 aliphatic heterocycles. The molecule has 0 aromatic heterocycles. The first-order valence-electron chi connectivity index (χ1n) is 13.1. The van der Waals surface area contributed by atoms with E-state index in [9.17, 15) is 0 Å². The Labute approximate surface area is 235 Å². The van der Waals surface area contributed by atoms with Crippen molar-refractivity contribution in [1.82, 2.24) is 34.7 Å². The normalized spacial score (nSPS) is 29.7. The summed E-state index contributed by atoms with van der Waals surface area (Å²) in [6.45, 7) is 29.2. The lowest BCUT2D eigenvalue weighted by Crippen LogP contribution is -2.79. The molecular weight excluding hydrogens is 581 g/mol. The fourth-order valence-corrected chi connectivity index (χ4v) is 37.3. The number of nitrogens with one attached hydrogen (secondary N) is 2. The standard InChI is InChI=1S/C8H28N4Si4.C6H21N3Si3.C4H15NSi2/c1-10-13-9-14(4)11(2)16(7,8)12(3)15(10,5)6;1-8-10-7-11(3,4)9(2)12(8,5)6;1-5(6)7(2,3)4/h9,14H,13H2,1-8H3;7H,10H2,1-6H3;1-4,6H3. The molecule has 0 aromatic rings. The smallest absolute Gasteiger partial charge is 0.188 e. The van der Waals surface area contributed by atoms with Crippen LogP contribution in [0.1, 0.15) is 0 Å². The molecule has 2 heterocycles. The summed E-state index contributed by atoms with van der Waals surface area (Å²) in [7, 11) is 7.76. The SMILES string of the molecule is CN([SiH3])[Si](C)(C)C.CN1[SiH2]N[SiH](C)N(C)[Si](C)(C)N(C)[Si]1(C)C.CN1[SiH2]N[Si](C)(C)N(C)[Si]1(C)C. The van der Waals surface area contributed by atoms with Gasteiger partial charge in [0.25, 0.3) is 0 Å². The van der Waals surface area contributed by atoms with Crippen molar-refractivity contribution in [3.05, 3.63) is 0 Å². The van der Waals surface area contributed by atoms with Crippen LogP contribution in [0, 0.1) is 0 Å². The van der Waals surface area contributed by atoms with E-state index >= 15 is 0 Å². The monoisotopic (exact) mass is 644 g/mol. The van der Waals surface area contributed by atoms with Crippen LogP contribution in [0.25, 0.3) is 0 Å². The van der Waals surface area contributed by atoms with Crippen molar-refractivity contribution < 1.29 is 0 Å². The minimum atomic E-state index is -1.41. The van der Waals surface area contributed by atoms with Gasteiger partial charge in [0.15, 0.2) is 62.4 Å². The van der Waals surface area contributed by atoms with Gasteiger partial charge in [-0.15, -0.1) is 0 Å². The van der Waals surface area contributed by atoms with Crippen molar-refractivity contribution in [2.24, 2.45) is 0 Å². The summed E-state index contributed by atoms with van der Waals surface area (Å²) < 4.78 is 23.6. The predicted molar refractivity (Wildman–Crippen MR) is 186 cm³/mol. The highest BCUT2D eigenvalue weighted by Crippen LogP contribution is 2.23. The second-order valence-electron chi connectivity index (χ2n) is 13.6. The average Bonchev–Trinajstić information content (AvgIpc) is 2.72. The van der Waals surface area contributed by atoms with Crippen LogP contribution in [-0.2, 0) is 0 Å². The summed E-state index contributed by atoms with van der Waals surface area (Å²) in [5.74, 6) is 0. The van der Waals surface area contributed by atoms with E-state index in [2.05, 4.69) is 156 Å². The molecule has 2 fully saturated rings. The molecular formula is C18H64N8Si9. The van der Waals surface area contributed by atoms with Crippen molar-refractivity contribution in [3.63, 3.8) is 0 Å². The van der Waals surface area contributed by atoms with Gasteiger partial charge in [-0.05, 0) is 101 Å². The van der Waals surface area contributed by atoms with Crippen LogP contribution in [0.15, 0.2) is 0 Å². The largest absolute Gasteiger partial charge is 0.356 e. The van der Waals surface area contributed by atoms with E-state index < -0.39 is 50.9 Å². The molecule has 2 saturated heterocycles. The van der Waals surface area contributed by atoms with Gasteiger partial charge in [-0.1, -0.05) is 19.6 Å². The van der Waals surface area contributed by atoms with E-state index in [-0.39, 0.29) is 19.7 Å². The maximum atomic E-state index is 3.89. The Hall–Kier alpha value is 1.63. The van der Waals surface area contributed by atoms with E-state index in [0.717, 1.165) is 0 Å². The lowest BCUT2D eigenvalue weighted by Gasteiger charge is -2.55. The zero-order valence-electron chi connectivity index (χ0n) is 27.2. The molecule has 0 spiro atoms. The van der Waals surface area contributed by atoms with Crippen molar-refractivity contribution >= 4 is 81.0 Å². The van der Waals surface area contributed by atoms with Gasteiger partial charge in [0, 0.05) is 0 Å². The maximum Gasteiger partial charge on any atom is 0.188 e. The summed E-state index contributed by atoms with van der Waals surface area (Å²) >= 11 is 0. The molecule has 0 aliphatic carbocycles. The molecule has 212 valence electrons. The van der Waals surface area contributed by atoms with Crippen LogP contribution in [0.5, 0.6) is 0 Å². The van der Waals surface area contributed by atoms with E-state index in [1.807, 2.05) is 0 Å². The Morgan fingerprint density at radius 3 is 1.49 bits per heavy atom. The Morgan fingerprint density at radius 1 is 0.743 bits per heavy atom. The molecule has 1 unspecified atom stereocenters. The van der Waals surface area contributed by atoms with Crippen molar-refractivity contribution in [1.29, 1.82) is 0 Å². The first-order valence-corrected chi connectivity index (χ1v) is 34.0. The second kappa shape index (κ2) is 13.3. The van der Waals surface area contributed by atoms with Crippen LogP contribution >= 0.6 is 0 Å². The van der Waals surface area contributed by atoms with Crippen LogP contribution in [-0.4, -0.2) is 149 Å². The summed E-state index contributed by atoms with van der Waals surface area (Å²) in [4.78, 5) is 0. The number of rotatable bonds is 1. The third-order valence-electron chi connectivity index (χ3n) is 9.33. The van der Waals surface area contributed by atoms with Crippen LogP contribution in [0.3, 0.4) is 0 Å².